The van der Waals surface area contributed by atoms with Gasteiger partial charge in [-0.1, -0.05) is 43.2 Å². The van der Waals surface area contributed by atoms with Crippen LogP contribution in [0.2, 0.25) is 0 Å². The van der Waals surface area contributed by atoms with Gasteiger partial charge in [0, 0.05) is 26.3 Å². The van der Waals surface area contributed by atoms with Gasteiger partial charge in [0.15, 0.2) is 0 Å². The Kier molecular flexibility index (Phi) is 6.15. The Balaban J connectivity index is 1.99. The van der Waals surface area contributed by atoms with Crippen molar-refractivity contribution < 1.29 is 4.79 Å². The summed E-state index contributed by atoms with van der Waals surface area (Å²) in [6.45, 7) is 5.70. The fourth-order valence-corrected chi connectivity index (χ4v) is 2.39. The molecule has 0 aliphatic heterocycles. The summed E-state index contributed by atoms with van der Waals surface area (Å²) in [5.41, 5.74) is 3.86. The number of benzene rings is 1. The third kappa shape index (κ3) is 5.09. The number of aromatic nitrogens is 1. The van der Waals surface area contributed by atoms with Gasteiger partial charge in [0.2, 0.25) is 0 Å². The van der Waals surface area contributed by atoms with E-state index in [2.05, 4.69) is 28.2 Å². The van der Waals surface area contributed by atoms with Gasteiger partial charge in [0.1, 0.15) is 0 Å². The molecule has 0 aliphatic rings. The number of hydrogen-bond donors (Lipinski definition) is 1. The Morgan fingerprint density at radius 2 is 2.09 bits per heavy atom. The first-order chi connectivity index (χ1) is 11.1. The number of rotatable bonds is 7. The summed E-state index contributed by atoms with van der Waals surface area (Å²) in [7, 11) is 2.03. The van der Waals surface area contributed by atoms with E-state index in [0.29, 0.717) is 12.1 Å². The van der Waals surface area contributed by atoms with Crippen LogP contribution in [0.4, 0.5) is 5.69 Å². The smallest absolute Gasteiger partial charge is 0.253 e. The molecule has 0 saturated heterocycles. The van der Waals surface area contributed by atoms with Gasteiger partial charge >= 0.3 is 0 Å². The Labute approximate surface area is 138 Å². The zero-order valence-electron chi connectivity index (χ0n) is 14.2. The number of nitrogens with one attached hydrogen (secondary N) is 1. The average molecular weight is 311 g/mol. The van der Waals surface area contributed by atoms with Crippen molar-refractivity contribution in [2.24, 2.45) is 0 Å². The third-order valence-corrected chi connectivity index (χ3v) is 3.81. The number of nitrogens with zero attached hydrogens (tertiary/aromatic N) is 2. The molecule has 1 aromatic carbocycles. The van der Waals surface area contributed by atoms with Crippen molar-refractivity contribution in [3.05, 3.63) is 59.4 Å². The number of pyridine rings is 1. The lowest BCUT2D eigenvalue weighted by Gasteiger charge is -2.19. The zero-order valence-corrected chi connectivity index (χ0v) is 14.2. The van der Waals surface area contributed by atoms with Crippen molar-refractivity contribution in [3.63, 3.8) is 0 Å². The summed E-state index contributed by atoms with van der Waals surface area (Å²) >= 11 is 0. The first kappa shape index (κ1) is 17.0. The summed E-state index contributed by atoms with van der Waals surface area (Å²) in [5.74, 6) is -0.0928. The molecule has 0 spiro atoms. The van der Waals surface area contributed by atoms with Crippen molar-refractivity contribution >= 4 is 11.6 Å². The van der Waals surface area contributed by atoms with Gasteiger partial charge in [-0.2, -0.15) is 0 Å². The molecular formula is C19H25N3O. The fraction of sp³-hybridized carbons (Fsp3) is 0.368. The molecule has 0 unspecified atom stereocenters. The second-order valence-electron chi connectivity index (χ2n) is 5.88. The molecular weight excluding hydrogens is 286 g/mol. The highest BCUT2D eigenvalue weighted by molar-refractivity contribution is 5.94. The van der Waals surface area contributed by atoms with Crippen LogP contribution in [0.5, 0.6) is 0 Å². The zero-order chi connectivity index (χ0) is 16.7. The van der Waals surface area contributed by atoms with Gasteiger partial charge in [-0.3, -0.25) is 9.78 Å². The van der Waals surface area contributed by atoms with E-state index in [4.69, 9.17) is 0 Å². The molecule has 0 atom stereocenters. The van der Waals surface area contributed by atoms with E-state index >= 15 is 0 Å². The predicted octanol–water partition coefficient (Wildman–Crippen LogP) is 3.56. The van der Waals surface area contributed by atoms with E-state index in [1.54, 1.807) is 12.4 Å². The summed E-state index contributed by atoms with van der Waals surface area (Å²) in [6, 6.07) is 10.0. The van der Waals surface area contributed by atoms with Gasteiger partial charge in [0.25, 0.3) is 5.91 Å². The highest BCUT2D eigenvalue weighted by atomic mass is 16.1. The summed E-state index contributed by atoms with van der Waals surface area (Å²) in [5, 5.41) is 2.95. The molecule has 0 fully saturated rings. The molecule has 23 heavy (non-hydrogen) atoms. The number of aryl methyl sites for hydroxylation is 1. The van der Waals surface area contributed by atoms with Crippen LogP contribution in [0.15, 0.2) is 42.7 Å². The lowest BCUT2D eigenvalue weighted by Crippen LogP contribution is -2.24. The molecule has 4 heteroatoms. The van der Waals surface area contributed by atoms with Crippen LogP contribution >= 0.6 is 0 Å². The average Bonchev–Trinajstić information content (AvgIpc) is 2.57. The Hall–Kier alpha value is -2.36. The monoisotopic (exact) mass is 311 g/mol. The van der Waals surface area contributed by atoms with Crippen molar-refractivity contribution in [3.8, 4) is 0 Å². The quantitative estimate of drug-likeness (QED) is 0.850. The Morgan fingerprint density at radius 1 is 1.26 bits per heavy atom. The minimum atomic E-state index is -0.0928. The topological polar surface area (TPSA) is 45.2 Å². The SMILES string of the molecule is CCCCN(C)c1cncc(C(=O)NCc2cccc(C)c2)c1. The van der Waals surface area contributed by atoms with Crippen LogP contribution in [0.25, 0.3) is 0 Å². The summed E-state index contributed by atoms with van der Waals surface area (Å²) in [6.07, 6.45) is 5.68. The first-order valence-corrected chi connectivity index (χ1v) is 8.10. The summed E-state index contributed by atoms with van der Waals surface area (Å²) < 4.78 is 0. The van der Waals surface area contributed by atoms with Crippen molar-refractivity contribution in [2.75, 3.05) is 18.5 Å². The lowest BCUT2D eigenvalue weighted by atomic mass is 10.1. The van der Waals surface area contributed by atoms with Crippen LogP contribution in [0, 0.1) is 6.92 Å². The van der Waals surface area contributed by atoms with Crippen LogP contribution in [-0.4, -0.2) is 24.5 Å². The normalized spacial score (nSPS) is 10.4. The number of unbranched alkanes of at least 4 members (excludes halogenated alkanes) is 1. The molecule has 0 radical (unpaired) electrons. The maximum absolute atomic E-state index is 12.3. The molecule has 4 nitrogen and oxygen atoms in total. The van der Waals surface area contributed by atoms with E-state index in [-0.39, 0.29) is 5.91 Å². The van der Waals surface area contributed by atoms with Gasteiger partial charge < -0.3 is 10.2 Å². The van der Waals surface area contributed by atoms with E-state index < -0.39 is 0 Å². The van der Waals surface area contributed by atoms with Crippen LogP contribution in [0.3, 0.4) is 0 Å². The number of amides is 1. The van der Waals surface area contributed by atoms with Crippen molar-refractivity contribution in [2.45, 2.75) is 33.2 Å². The molecule has 0 aliphatic carbocycles. The number of carbonyl (C=O) groups excluding carboxylic acids is 1. The van der Waals surface area contributed by atoms with Gasteiger partial charge in [-0.15, -0.1) is 0 Å². The lowest BCUT2D eigenvalue weighted by molar-refractivity contribution is 0.0950. The third-order valence-electron chi connectivity index (χ3n) is 3.81. The predicted molar refractivity (Wildman–Crippen MR) is 94.8 cm³/mol. The summed E-state index contributed by atoms with van der Waals surface area (Å²) in [4.78, 5) is 18.7. The molecule has 0 saturated carbocycles. The van der Waals surface area contributed by atoms with E-state index in [1.165, 1.54) is 5.56 Å². The van der Waals surface area contributed by atoms with E-state index in [9.17, 15) is 4.79 Å². The van der Waals surface area contributed by atoms with E-state index in [1.807, 2.05) is 38.2 Å². The Morgan fingerprint density at radius 3 is 2.83 bits per heavy atom. The van der Waals surface area contributed by atoms with Gasteiger partial charge in [0.05, 0.1) is 17.4 Å². The van der Waals surface area contributed by atoms with Crippen LogP contribution in [0.1, 0.15) is 41.3 Å². The maximum atomic E-state index is 12.3. The Bertz CT molecular complexity index is 655. The number of hydrogen-bond acceptors (Lipinski definition) is 3. The minimum Gasteiger partial charge on any atom is -0.373 e. The van der Waals surface area contributed by atoms with Crippen LogP contribution < -0.4 is 10.2 Å². The fourth-order valence-electron chi connectivity index (χ4n) is 2.39. The molecule has 2 aromatic rings. The highest BCUT2D eigenvalue weighted by Gasteiger charge is 2.09. The van der Waals surface area contributed by atoms with Crippen molar-refractivity contribution in [1.82, 2.24) is 10.3 Å². The molecule has 2 rings (SSSR count). The van der Waals surface area contributed by atoms with Gasteiger partial charge in [-0.05, 0) is 25.0 Å². The maximum Gasteiger partial charge on any atom is 0.253 e. The molecule has 1 heterocycles. The van der Waals surface area contributed by atoms with Gasteiger partial charge in [-0.25, -0.2) is 0 Å². The van der Waals surface area contributed by atoms with E-state index in [0.717, 1.165) is 30.6 Å². The second-order valence-corrected chi connectivity index (χ2v) is 5.88. The molecule has 1 amide bonds. The minimum absolute atomic E-state index is 0.0928. The van der Waals surface area contributed by atoms with Crippen molar-refractivity contribution in [1.29, 1.82) is 0 Å². The largest absolute Gasteiger partial charge is 0.373 e. The molecule has 1 N–H and O–H groups in total. The molecule has 0 bridgehead atoms. The standard InChI is InChI=1S/C19H25N3O/c1-4-5-9-22(3)18-11-17(13-20-14-18)19(23)21-12-16-8-6-7-15(2)10-16/h6-8,10-11,13-14H,4-5,9,12H2,1-3H3,(H,21,23). The highest BCUT2D eigenvalue weighted by Crippen LogP contribution is 2.14. The number of carbonyl (C=O) groups is 1. The second kappa shape index (κ2) is 8.32. The van der Waals surface area contributed by atoms with Crippen LogP contribution in [-0.2, 0) is 6.54 Å². The molecule has 1 aromatic heterocycles. The number of anilines is 1. The first-order valence-electron chi connectivity index (χ1n) is 8.10. The molecule has 122 valence electrons.